The third kappa shape index (κ3) is 10.7. The van der Waals surface area contributed by atoms with Crippen molar-refractivity contribution < 1.29 is 9.15 Å². The van der Waals surface area contributed by atoms with E-state index in [4.69, 9.17) is 9.15 Å². The Hall–Kier alpha value is -1.58. The van der Waals surface area contributed by atoms with Crippen LogP contribution in [0.3, 0.4) is 0 Å². The highest BCUT2D eigenvalue weighted by molar-refractivity contribution is 14.0. The number of aliphatic imine (C=N–C) groups is 1. The molecule has 0 atom stereocenters. The van der Waals surface area contributed by atoms with Gasteiger partial charge in [-0.3, -0.25) is 4.99 Å². The first-order valence-electron chi connectivity index (χ1n) is 9.62. The smallest absolute Gasteiger partial charge is 0.191 e. The van der Waals surface area contributed by atoms with Gasteiger partial charge in [-0.15, -0.1) is 24.0 Å². The first-order valence-corrected chi connectivity index (χ1v) is 9.62. The molecule has 28 heavy (non-hydrogen) atoms. The van der Waals surface area contributed by atoms with E-state index < -0.39 is 0 Å². The predicted molar refractivity (Wildman–Crippen MR) is 125 cm³/mol. The second-order valence-electron chi connectivity index (χ2n) is 6.40. The van der Waals surface area contributed by atoms with Crippen LogP contribution >= 0.6 is 24.0 Å². The molecule has 0 bridgehead atoms. The average Bonchev–Trinajstić information content (AvgIpc) is 3.18. The molecule has 6 nitrogen and oxygen atoms in total. The van der Waals surface area contributed by atoms with Crippen LogP contribution in [-0.2, 0) is 17.9 Å². The lowest BCUT2D eigenvalue weighted by Crippen LogP contribution is -2.41. The van der Waals surface area contributed by atoms with Crippen LogP contribution in [0.1, 0.15) is 24.7 Å². The van der Waals surface area contributed by atoms with Crippen molar-refractivity contribution >= 4 is 29.9 Å². The molecule has 0 aliphatic carbocycles. The number of benzene rings is 1. The first-order chi connectivity index (χ1) is 13.3. The van der Waals surface area contributed by atoms with Gasteiger partial charge in [0.1, 0.15) is 12.4 Å². The molecule has 2 aromatic rings. The Morgan fingerprint density at radius 3 is 2.68 bits per heavy atom. The summed E-state index contributed by atoms with van der Waals surface area (Å²) in [5.41, 5.74) is 1.33. The Morgan fingerprint density at radius 1 is 1.14 bits per heavy atom. The standard InChI is InChI=1S/C21H32N4O2.HI/c1-3-22-21(23-12-8-15-26-18-20-11-7-16-27-20)24-13-14-25(2)17-19-9-5-4-6-10-19;/h4-7,9-11,16H,3,8,12-15,17-18H2,1-2H3,(H2,22,23,24);1H. The highest BCUT2D eigenvalue weighted by atomic mass is 127. The SMILES string of the molecule is CCNC(=NCCCOCc1ccco1)NCCN(C)Cc1ccccc1.I. The highest BCUT2D eigenvalue weighted by Crippen LogP contribution is 2.02. The van der Waals surface area contributed by atoms with Gasteiger partial charge in [-0.05, 0) is 38.1 Å². The maximum atomic E-state index is 5.58. The summed E-state index contributed by atoms with van der Waals surface area (Å²) in [6, 6.07) is 14.3. The maximum absolute atomic E-state index is 5.58. The molecule has 2 N–H and O–H groups in total. The minimum absolute atomic E-state index is 0. The van der Waals surface area contributed by atoms with E-state index in [0.29, 0.717) is 13.2 Å². The number of likely N-dealkylation sites (N-methyl/N-ethyl adjacent to an activating group) is 1. The highest BCUT2D eigenvalue weighted by Gasteiger charge is 2.02. The average molecular weight is 500 g/mol. The number of furan rings is 1. The van der Waals surface area contributed by atoms with Gasteiger partial charge >= 0.3 is 0 Å². The molecule has 0 unspecified atom stereocenters. The van der Waals surface area contributed by atoms with E-state index >= 15 is 0 Å². The zero-order chi connectivity index (χ0) is 19.2. The van der Waals surface area contributed by atoms with Gasteiger partial charge in [-0.25, -0.2) is 0 Å². The van der Waals surface area contributed by atoms with E-state index in [0.717, 1.165) is 50.9 Å². The first kappa shape index (κ1) is 24.5. The van der Waals surface area contributed by atoms with Crippen molar-refractivity contribution in [1.82, 2.24) is 15.5 Å². The normalized spacial score (nSPS) is 11.3. The van der Waals surface area contributed by atoms with Crippen molar-refractivity contribution in [3.05, 3.63) is 60.1 Å². The zero-order valence-electron chi connectivity index (χ0n) is 16.9. The number of hydrogen-bond donors (Lipinski definition) is 2. The fourth-order valence-corrected chi connectivity index (χ4v) is 2.61. The van der Waals surface area contributed by atoms with Gasteiger partial charge in [0.05, 0.1) is 6.26 Å². The summed E-state index contributed by atoms with van der Waals surface area (Å²) in [7, 11) is 2.13. The molecule has 156 valence electrons. The Morgan fingerprint density at radius 2 is 1.96 bits per heavy atom. The van der Waals surface area contributed by atoms with Crippen molar-refractivity contribution in [1.29, 1.82) is 0 Å². The maximum Gasteiger partial charge on any atom is 0.191 e. The molecule has 1 aromatic heterocycles. The molecule has 0 spiro atoms. The summed E-state index contributed by atoms with van der Waals surface area (Å²) in [5.74, 6) is 1.71. The van der Waals surface area contributed by atoms with Crippen LogP contribution in [0.15, 0.2) is 58.1 Å². The molecule has 0 amide bonds. The number of nitrogens with one attached hydrogen (secondary N) is 2. The van der Waals surface area contributed by atoms with E-state index in [1.807, 2.05) is 18.2 Å². The molecule has 0 aliphatic heterocycles. The minimum atomic E-state index is 0. The molecule has 0 saturated carbocycles. The second-order valence-corrected chi connectivity index (χ2v) is 6.40. The van der Waals surface area contributed by atoms with Gasteiger partial charge < -0.3 is 24.7 Å². The van der Waals surface area contributed by atoms with Crippen LogP contribution < -0.4 is 10.6 Å². The third-order valence-corrected chi connectivity index (χ3v) is 3.97. The fourth-order valence-electron chi connectivity index (χ4n) is 2.61. The number of hydrogen-bond acceptors (Lipinski definition) is 4. The molecule has 2 rings (SSSR count). The van der Waals surface area contributed by atoms with Crippen molar-refractivity contribution in [2.75, 3.05) is 39.8 Å². The Balaban J connectivity index is 0.00000392. The van der Waals surface area contributed by atoms with Gasteiger partial charge in [-0.1, -0.05) is 30.3 Å². The summed E-state index contributed by atoms with van der Waals surface area (Å²) >= 11 is 0. The zero-order valence-corrected chi connectivity index (χ0v) is 19.2. The number of ether oxygens (including phenoxy) is 1. The number of rotatable bonds is 12. The van der Waals surface area contributed by atoms with Gasteiger partial charge in [0.2, 0.25) is 0 Å². The summed E-state index contributed by atoms with van der Waals surface area (Å²) in [5, 5.41) is 6.68. The predicted octanol–water partition coefficient (Wildman–Crippen LogP) is 3.49. The topological polar surface area (TPSA) is 62.0 Å². The van der Waals surface area contributed by atoms with Crippen molar-refractivity contribution in [3.63, 3.8) is 0 Å². The Bertz CT molecular complexity index is 635. The van der Waals surface area contributed by atoms with Crippen molar-refractivity contribution in [3.8, 4) is 0 Å². The Labute approximate surface area is 185 Å². The van der Waals surface area contributed by atoms with Crippen LogP contribution in [0.4, 0.5) is 0 Å². The molecule has 1 heterocycles. The minimum Gasteiger partial charge on any atom is -0.467 e. The van der Waals surface area contributed by atoms with E-state index in [1.165, 1.54) is 5.56 Å². The number of halogens is 1. The number of nitrogens with zero attached hydrogens (tertiary/aromatic N) is 2. The van der Waals surface area contributed by atoms with Crippen LogP contribution in [-0.4, -0.2) is 50.7 Å². The summed E-state index contributed by atoms with van der Waals surface area (Å²) < 4.78 is 10.8. The lowest BCUT2D eigenvalue weighted by Gasteiger charge is -2.18. The molecule has 0 saturated heterocycles. The molecule has 0 fully saturated rings. The second kappa shape index (κ2) is 15.4. The number of guanidine groups is 1. The van der Waals surface area contributed by atoms with E-state index in [9.17, 15) is 0 Å². The summed E-state index contributed by atoms with van der Waals surface area (Å²) in [6.45, 7) is 7.59. The molecular weight excluding hydrogens is 467 g/mol. The van der Waals surface area contributed by atoms with Crippen molar-refractivity contribution in [2.24, 2.45) is 4.99 Å². The summed E-state index contributed by atoms with van der Waals surface area (Å²) in [4.78, 5) is 6.90. The van der Waals surface area contributed by atoms with Gasteiger partial charge in [0.15, 0.2) is 5.96 Å². The monoisotopic (exact) mass is 500 g/mol. The van der Waals surface area contributed by atoms with Gasteiger partial charge in [0, 0.05) is 39.3 Å². The van der Waals surface area contributed by atoms with Crippen LogP contribution in [0.5, 0.6) is 0 Å². The van der Waals surface area contributed by atoms with Crippen LogP contribution in [0.2, 0.25) is 0 Å². The van der Waals surface area contributed by atoms with Crippen LogP contribution in [0.25, 0.3) is 0 Å². The fraction of sp³-hybridized carbons (Fsp3) is 0.476. The quantitative estimate of drug-likeness (QED) is 0.202. The third-order valence-electron chi connectivity index (χ3n) is 3.97. The molecule has 1 aromatic carbocycles. The Kier molecular flexibility index (Phi) is 13.4. The molecule has 7 heteroatoms. The molecule has 0 radical (unpaired) electrons. The largest absolute Gasteiger partial charge is 0.467 e. The van der Waals surface area contributed by atoms with E-state index in [2.05, 4.69) is 58.8 Å². The van der Waals surface area contributed by atoms with E-state index in [-0.39, 0.29) is 24.0 Å². The molecular formula is C21H33IN4O2. The van der Waals surface area contributed by atoms with Crippen LogP contribution in [0, 0.1) is 0 Å². The van der Waals surface area contributed by atoms with E-state index in [1.54, 1.807) is 6.26 Å². The van der Waals surface area contributed by atoms with Gasteiger partial charge in [0.25, 0.3) is 0 Å². The summed E-state index contributed by atoms with van der Waals surface area (Å²) in [6.07, 6.45) is 2.54. The molecule has 0 aliphatic rings. The van der Waals surface area contributed by atoms with Crippen molar-refractivity contribution in [2.45, 2.75) is 26.5 Å². The lowest BCUT2D eigenvalue weighted by molar-refractivity contribution is 0.105. The lowest BCUT2D eigenvalue weighted by atomic mass is 10.2. The van der Waals surface area contributed by atoms with Gasteiger partial charge in [-0.2, -0.15) is 0 Å².